The SMILES string of the molecule is CC1CCNC1CN=O. The second kappa shape index (κ2) is 2.92. The van der Waals surface area contributed by atoms with Crippen LogP contribution in [0, 0.1) is 10.8 Å². The first-order chi connectivity index (χ1) is 4.34. The van der Waals surface area contributed by atoms with Gasteiger partial charge < -0.3 is 5.32 Å². The molecule has 0 aliphatic carbocycles. The van der Waals surface area contributed by atoms with Crippen molar-refractivity contribution in [3.05, 3.63) is 4.91 Å². The van der Waals surface area contributed by atoms with Crippen molar-refractivity contribution in [2.75, 3.05) is 13.1 Å². The third kappa shape index (κ3) is 1.48. The van der Waals surface area contributed by atoms with Crippen molar-refractivity contribution < 1.29 is 0 Å². The molecule has 0 aromatic heterocycles. The molecule has 9 heavy (non-hydrogen) atoms. The monoisotopic (exact) mass is 128 g/mol. The van der Waals surface area contributed by atoms with Crippen LogP contribution >= 0.6 is 0 Å². The summed E-state index contributed by atoms with van der Waals surface area (Å²) >= 11 is 0. The molecule has 2 unspecified atom stereocenters. The predicted octanol–water partition coefficient (Wildman–Crippen LogP) is 0.751. The fraction of sp³-hybridized carbons (Fsp3) is 1.00. The van der Waals surface area contributed by atoms with Gasteiger partial charge in [-0.1, -0.05) is 12.1 Å². The smallest absolute Gasteiger partial charge is 0.0966 e. The molecule has 1 N–H and O–H groups in total. The molecule has 0 saturated carbocycles. The Balaban J connectivity index is 2.30. The number of rotatable bonds is 2. The third-order valence-corrected chi connectivity index (χ3v) is 1.96. The van der Waals surface area contributed by atoms with Gasteiger partial charge >= 0.3 is 0 Å². The summed E-state index contributed by atoms with van der Waals surface area (Å²) in [5, 5.41) is 6.07. The third-order valence-electron chi connectivity index (χ3n) is 1.96. The minimum Gasteiger partial charge on any atom is -0.312 e. The molecule has 52 valence electrons. The molecule has 1 saturated heterocycles. The van der Waals surface area contributed by atoms with Gasteiger partial charge in [-0.25, -0.2) is 0 Å². The van der Waals surface area contributed by atoms with E-state index in [1.807, 2.05) is 0 Å². The first kappa shape index (κ1) is 6.68. The summed E-state index contributed by atoms with van der Waals surface area (Å²) in [5.41, 5.74) is 0. The normalized spacial score (nSPS) is 34.8. The lowest BCUT2D eigenvalue weighted by Gasteiger charge is -2.09. The van der Waals surface area contributed by atoms with E-state index >= 15 is 0 Å². The van der Waals surface area contributed by atoms with E-state index < -0.39 is 0 Å². The summed E-state index contributed by atoms with van der Waals surface area (Å²) in [6.45, 7) is 3.62. The minimum atomic E-state index is 0.350. The molecule has 0 bridgehead atoms. The van der Waals surface area contributed by atoms with Crippen LogP contribution in [0.15, 0.2) is 5.18 Å². The van der Waals surface area contributed by atoms with Gasteiger partial charge in [0.05, 0.1) is 6.54 Å². The highest BCUT2D eigenvalue weighted by Gasteiger charge is 2.22. The fourth-order valence-electron chi connectivity index (χ4n) is 1.22. The lowest BCUT2D eigenvalue weighted by atomic mass is 10.0. The van der Waals surface area contributed by atoms with Crippen LogP contribution in [-0.2, 0) is 0 Å². The van der Waals surface area contributed by atoms with Crippen LogP contribution in [0.1, 0.15) is 13.3 Å². The van der Waals surface area contributed by atoms with Crippen LogP contribution in [0.25, 0.3) is 0 Å². The van der Waals surface area contributed by atoms with E-state index in [9.17, 15) is 4.91 Å². The summed E-state index contributed by atoms with van der Waals surface area (Å²) < 4.78 is 0. The molecule has 3 nitrogen and oxygen atoms in total. The van der Waals surface area contributed by atoms with E-state index in [-0.39, 0.29) is 0 Å². The van der Waals surface area contributed by atoms with Crippen molar-refractivity contribution >= 4 is 0 Å². The molecule has 2 atom stereocenters. The van der Waals surface area contributed by atoms with E-state index in [2.05, 4.69) is 17.4 Å². The van der Waals surface area contributed by atoms with Gasteiger partial charge in [0.1, 0.15) is 0 Å². The Morgan fingerprint density at radius 2 is 2.56 bits per heavy atom. The van der Waals surface area contributed by atoms with Crippen molar-refractivity contribution in [1.29, 1.82) is 0 Å². The van der Waals surface area contributed by atoms with Gasteiger partial charge in [-0.3, -0.25) is 0 Å². The van der Waals surface area contributed by atoms with Crippen molar-refractivity contribution in [3.8, 4) is 0 Å². The summed E-state index contributed by atoms with van der Waals surface area (Å²) in [6.07, 6.45) is 1.18. The molecule has 1 rings (SSSR count). The Labute approximate surface area is 54.8 Å². The van der Waals surface area contributed by atoms with Crippen LogP contribution in [0.3, 0.4) is 0 Å². The highest BCUT2D eigenvalue weighted by molar-refractivity contribution is 4.81. The molecule has 1 aliphatic rings. The Hall–Kier alpha value is -0.440. The summed E-state index contributed by atoms with van der Waals surface area (Å²) in [7, 11) is 0. The molecule has 1 heterocycles. The van der Waals surface area contributed by atoms with Crippen LogP contribution in [0.5, 0.6) is 0 Å². The highest BCUT2D eigenvalue weighted by Crippen LogP contribution is 2.13. The predicted molar refractivity (Wildman–Crippen MR) is 36.2 cm³/mol. The average molecular weight is 128 g/mol. The molecule has 0 radical (unpaired) electrons. The average Bonchev–Trinajstić information content (AvgIpc) is 2.18. The highest BCUT2D eigenvalue weighted by atomic mass is 16.3. The lowest BCUT2D eigenvalue weighted by molar-refractivity contribution is 0.491. The van der Waals surface area contributed by atoms with Crippen molar-refractivity contribution in [2.24, 2.45) is 11.1 Å². The zero-order chi connectivity index (χ0) is 6.69. The van der Waals surface area contributed by atoms with E-state index in [0.29, 0.717) is 18.5 Å². The Kier molecular flexibility index (Phi) is 2.16. The molecule has 0 spiro atoms. The van der Waals surface area contributed by atoms with Crippen LogP contribution in [0.4, 0.5) is 0 Å². The maximum Gasteiger partial charge on any atom is 0.0966 e. The first-order valence-electron chi connectivity index (χ1n) is 3.37. The van der Waals surface area contributed by atoms with E-state index in [1.54, 1.807) is 0 Å². The Morgan fingerprint density at radius 3 is 3.00 bits per heavy atom. The number of nitroso groups, excluding NO2 is 1. The number of nitrogens with zero attached hydrogens (tertiary/aromatic N) is 1. The molecule has 1 aliphatic heterocycles. The molecular weight excluding hydrogens is 116 g/mol. The van der Waals surface area contributed by atoms with Crippen LogP contribution in [-0.4, -0.2) is 19.1 Å². The zero-order valence-corrected chi connectivity index (χ0v) is 5.63. The minimum absolute atomic E-state index is 0.350. The second-order valence-electron chi connectivity index (χ2n) is 2.64. The van der Waals surface area contributed by atoms with Gasteiger partial charge in [-0.05, 0) is 18.9 Å². The van der Waals surface area contributed by atoms with Crippen LogP contribution < -0.4 is 5.32 Å². The van der Waals surface area contributed by atoms with Crippen molar-refractivity contribution in [2.45, 2.75) is 19.4 Å². The molecule has 1 fully saturated rings. The van der Waals surface area contributed by atoms with E-state index in [1.165, 1.54) is 6.42 Å². The lowest BCUT2D eigenvalue weighted by Crippen LogP contribution is -2.28. The van der Waals surface area contributed by atoms with Gasteiger partial charge in [0, 0.05) is 6.04 Å². The Bertz CT molecular complexity index is 105. The second-order valence-corrected chi connectivity index (χ2v) is 2.64. The first-order valence-corrected chi connectivity index (χ1v) is 3.37. The summed E-state index contributed by atoms with van der Waals surface area (Å²) in [5.74, 6) is 0.627. The number of nitrogens with one attached hydrogen (secondary N) is 1. The van der Waals surface area contributed by atoms with Gasteiger partial charge in [-0.2, -0.15) is 4.91 Å². The quantitative estimate of drug-likeness (QED) is 0.557. The maximum absolute atomic E-state index is 9.82. The fourth-order valence-corrected chi connectivity index (χ4v) is 1.22. The molecular formula is C6H12N2O. The largest absolute Gasteiger partial charge is 0.312 e. The maximum atomic E-state index is 9.82. The number of hydrogen-bond acceptors (Lipinski definition) is 3. The number of hydrogen-bond donors (Lipinski definition) is 1. The van der Waals surface area contributed by atoms with Gasteiger partial charge in [0.2, 0.25) is 0 Å². The van der Waals surface area contributed by atoms with Crippen LogP contribution in [0.2, 0.25) is 0 Å². The van der Waals surface area contributed by atoms with Crippen molar-refractivity contribution in [3.63, 3.8) is 0 Å². The zero-order valence-electron chi connectivity index (χ0n) is 5.63. The van der Waals surface area contributed by atoms with Crippen molar-refractivity contribution in [1.82, 2.24) is 5.32 Å². The Morgan fingerprint density at radius 1 is 1.78 bits per heavy atom. The van der Waals surface area contributed by atoms with E-state index in [4.69, 9.17) is 0 Å². The molecule has 0 amide bonds. The standard InChI is InChI=1S/C6H12N2O/c1-5-2-3-7-6(5)4-8-9/h5-7H,2-4H2,1H3. The van der Waals surface area contributed by atoms with E-state index in [0.717, 1.165) is 6.54 Å². The van der Waals surface area contributed by atoms with Gasteiger partial charge in [-0.15, -0.1) is 0 Å². The summed E-state index contributed by atoms with van der Waals surface area (Å²) in [4.78, 5) is 9.82. The topological polar surface area (TPSA) is 41.5 Å². The molecule has 3 heteroatoms. The van der Waals surface area contributed by atoms with Gasteiger partial charge in [0.15, 0.2) is 0 Å². The molecule has 0 aromatic rings. The van der Waals surface area contributed by atoms with Gasteiger partial charge in [0.25, 0.3) is 0 Å². The molecule has 0 aromatic carbocycles. The summed E-state index contributed by atoms with van der Waals surface area (Å²) in [6, 6.07) is 0.350.